The summed E-state index contributed by atoms with van der Waals surface area (Å²) >= 11 is 1.65. The third-order valence-electron chi connectivity index (χ3n) is 7.73. The number of fused-ring (bicyclic) bond motifs is 1. The molecule has 3 N–H and O–H groups in total. The van der Waals surface area contributed by atoms with Crippen LogP contribution in [0.1, 0.15) is 55.3 Å². The van der Waals surface area contributed by atoms with E-state index in [2.05, 4.69) is 5.32 Å². The topological polar surface area (TPSA) is 102 Å². The molecule has 43 heavy (non-hydrogen) atoms. The fraction of sp³-hybridized carbons (Fsp3) is 0.452. The quantitative estimate of drug-likeness (QED) is 0.164. The van der Waals surface area contributed by atoms with Gasteiger partial charge in [-0.15, -0.1) is 0 Å². The van der Waals surface area contributed by atoms with Crippen LogP contribution >= 0.6 is 11.8 Å². The molecule has 5 rings (SSSR count). The number of hydrogen-bond donors (Lipinski definition) is 2. The monoisotopic (exact) mass is 615 g/mol. The number of aromatic nitrogens is 2. The third-order valence-corrected chi connectivity index (χ3v) is 9.02. The van der Waals surface area contributed by atoms with Crippen molar-refractivity contribution in [2.75, 3.05) is 32.0 Å². The van der Waals surface area contributed by atoms with Crippen molar-refractivity contribution >= 4 is 23.4 Å². The van der Waals surface area contributed by atoms with Gasteiger partial charge in [0, 0.05) is 23.9 Å². The molecule has 1 aliphatic carbocycles. The van der Waals surface area contributed by atoms with Crippen LogP contribution in [0, 0.1) is 0 Å². The van der Waals surface area contributed by atoms with E-state index in [4.69, 9.17) is 15.5 Å². The molecule has 12 heteroatoms. The fourth-order valence-corrected chi connectivity index (χ4v) is 6.37. The van der Waals surface area contributed by atoms with Crippen LogP contribution in [0.15, 0.2) is 58.5 Å². The number of amides is 1. The number of unbranched alkanes of at least 4 members (excludes halogenated alkanes) is 2. The summed E-state index contributed by atoms with van der Waals surface area (Å²) in [6.45, 7) is 1.95. The van der Waals surface area contributed by atoms with Gasteiger partial charge in [0.1, 0.15) is 5.75 Å². The zero-order chi connectivity index (χ0) is 30.4. The van der Waals surface area contributed by atoms with Gasteiger partial charge < -0.3 is 20.7 Å². The van der Waals surface area contributed by atoms with Crippen molar-refractivity contribution in [3.63, 3.8) is 0 Å². The number of hydrogen-bond acceptors (Lipinski definition) is 7. The SMILES string of the molecule is Nc1cccc(-n2c(SC3CCC3)nc3c(c2=O)CN(C(=O)CNCCCCCOc2ccc(C(F)(F)F)cc2)CC3)c1. The molecule has 2 heterocycles. The maximum atomic E-state index is 13.8. The highest BCUT2D eigenvalue weighted by molar-refractivity contribution is 7.99. The van der Waals surface area contributed by atoms with Crippen molar-refractivity contribution < 1.29 is 22.7 Å². The van der Waals surface area contributed by atoms with Gasteiger partial charge in [-0.3, -0.25) is 14.2 Å². The smallest absolute Gasteiger partial charge is 0.416 e. The minimum atomic E-state index is -4.36. The summed E-state index contributed by atoms with van der Waals surface area (Å²) in [7, 11) is 0. The van der Waals surface area contributed by atoms with Crippen LogP contribution in [0.4, 0.5) is 18.9 Å². The highest BCUT2D eigenvalue weighted by atomic mass is 32.2. The third kappa shape index (κ3) is 7.91. The predicted molar refractivity (Wildman–Crippen MR) is 161 cm³/mol. The van der Waals surface area contributed by atoms with E-state index in [1.807, 2.05) is 12.1 Å². The number of nitrogens with zero attached hydrogens (tertiary/aromatic N) is 3. The molecule has 1 aromatic heterocycles. The van der Waals surface area contributed by atoms with Crippen LogP contribution in [0.25, 0.3) is 5.69 Å². The molecule has 0 unspecified atom stereocenters. The molecule has 1 saturated carbocycles. The number of carbonyl (C=O) groups excluding carboxylic acids is 1. The van der Waals surface area contributed by atoms with Crippen molar-refractivity contribution in [2.24, 2.45) is 0 Å². The van der Waals surface area contributed by atoms with E-state index >= 15 is 0 Å². The Balaban J connectivity index is 1.09. The Kier molecular flexibility index (Phi) is 9.97. The van der Waals surface area contributed by atoms with Gasteiger partial charge >= 0.3 is 6.18 Å². The fourth-order valence-electron chi connectivity index (χ4n) is 5.04. The summed E-state index contributed by atoms with van der Waals surface area (Å²) < 4.78 is 45.1. The molecule has 1 amide bonds. The summed E-state index contributed by atoms with van der Waals surface area (Å²) in [6, 6.07) is 11.9. The van der Waals surface area contributed by atoms with Gasteiger partial charge in [0.2, 0.25) is 5.91 Å². The van der Waals surface area contributed by atoms with Gasteiger partial charge in [-0.25, -0.2) is 4.98 Å². The van der Waals surface area contributed by atoms with Crippen LogP contribution in [0.2, 0.25) is 0 Å². The van der Waals surface area contributed by atoms with Crippen LogP contribution < -0.4 is 21.3 Å². The van der Waals surface area contributed by atoms with Gasteiger partial charge in [0.05, 0.1) is 42.2 Å². The van der Waals surface area contributed by atoms with Crippen LogP contribution in [0.5, 0.6) is 5.75 Å². The number of ether oxygens (including phenoxy) is 1. The number of alkyl halides is 3. The Morgan fingerprint density at radius 3 is 2.60 bits per heavy atom. The molecule has 1 aliphatic heterocycles. The molecule has 0 radical (unpaired) electrons. The first-order valence-electron chi connectivity index (χ1n) is 14.6. The first-order chi connectivity index (χ1) is 20.7. The van der Waals surface area contributed by atoms with Crippen molar-refractivity contribution in [1.29, 1.82) is 0 Å². The molecule has 0 saturated heterocycles. The Morgan fingerprint density at radius 2 is 1.91 bits per heavy atom. The highest BCUT2D eigenvalue weighted by Gasteiger charge is 2.30. The van der Waals surface area contributed by atoms with E-state index < -0.39 is 11.7 Å². The maximum absolute atomic E-state index is 13.8. The van der Waals surface area contributed by atoms with E-state index in [1.165, 1.54) is 18.6 Å². The summed E-state index contributed by atoms with van der Waals surface area (Å²) in [5.74, 6) is 0.335. The first-order valence-corrected chi connectivity index (χ1v) is 15.5. The van der Waals surface area contributed by atoms with E-state index in [1.54, 1.807) is 33.4 Å². The number of thioether (sulfide) groups is 1. The maximum Gasteiger partial charge on any atom is 0.416 e. The van der Waals surface area contributed by atoms with Crippen LogP contribution in [-0.2, 0) is 23.9 Å². The average Bonchev–Trinajstić information content (AvgIpc) is 2.96. The highest BCUT2D eigenvalue weighted by Crippen LogP contribution is 2.36. The number of rotatable bonds is 12. The van der Waals surface area contributed by atoms with Gasteiger partial charge in [0.15, 0.2) is 5.16 Å². The second-order valence-electron chi connectivity index (χ2n) is 10.9. The minimum Gasteiger partial charge on any atom is -0.494 e. The molecule has 1 fully saturated rings. The predicted octanol–water partition coefficient (Wildman–Crippen LogP) is 5.20. The number of anilines is 1. The Morgan fingerprint density at radius 1 is 1.12 bits per heavy atom. The largest absolute Gasteiger partial charge is 0.494 e. The van der Waals surface area contributed by atoms with Crippen molar-refractivity contribution in [2.45, 2.75) is 68.1 Å². The van der Waals surface area contributed by atoms with Crippen molar-refractivity contribution in [3.05, 3.63) is 75.7 Å². The van der Waals surface area contributed by atoms with Crippen molar-refractivity contribution in [1.82, 2.24) is 19.8 Å². The number of nitrogens with one attached hydrogen (secondary N) is 1. The van der Waals surface area contributed by atoms with Gasteiger partial charge in [0.25, 0.3) is 5.56 Å². The standard InChI is InChI=1S/C31H36F3N5O3S/c32-31(33,34)21-10-12-24(13-11-21)42-17-3-1-2-15-36-19-28(40)38-16-14-27-26(20-38)29(41)39(23-7-4-6-22(35)18-23)30(37-27)43-25-8-5-9-25/h4,6-7,10-13,18,25,36H,1-3,5,8-9,14-17,19-20,35H2. The number of carbonyl (C=O) groups is 1. The zero-order valence-electron chi connectivity index (χ0n) is 23.9. The molecule has 0 atom stereocenters. The van der Waals surface area contributed by atoms with Crippen molar-refractivity contribution in [3.8, 4) is 11.4 Å². The first kappa shape index (κ1) is 30.9. The number of benzene rings is 2. The molecule has 230 valence electrons. The normalized spacial score (nSPS) is 15.2. The number of nitrogens with two attached hydrogens (primary N) is 1. The summed E-state index contributed by atoms with van der Waals surface area (Å²) in [4.78, 5) is 33.4. The molecule has 0 bridgehead atoms. The average molecular weight is 616 g/mol. The Hall–Kier alpha value is -3.51. The zero-order valence-corrected chi connectivity index (χ0v) is 24.7. The molecule has 2 aliphatic rings. The lowest BCUT2D eigenvalue weighted by atomic mass is 10.0. The van der Waals surface area contributed by atoms with E-state index in [0.29, 0.717) is 59.2 Å². The van der Waals surface area contributed by atoms with E-state index in [0.717, 1.165) is 49.9 Å². The molecule has 0 spiro atoms. The summed E-state index contributed by atoms with van der Waals surface area (Å²) in [5.41, 5.74) is 7.73. The van der Waals surface area contributed by atoms with Crippen LogP contribution in [0.3, 0.4) is 0 Å². The van der Waals surface area contributed by atoms with E-state index in [9.17, 15) is 22.8 Å². The summed E-state index contributed by atoms with van der Waals surface area (Å²) in [6.07, 6.45) is 1.99. The lowest BCUT2D eigenvalue weighted by Crippen LogP contribution is -2.44. The lowest BCUT2D eigenvalue weighted by molar-refractivity contribution is -0.137. The second-order valence-corrected chi connectivity index (χ2v) is 12.2. The minimum absolute atomic E-state index is 0.0703. The van der Waals surface area contributed by atoms with E-state index in [-0.39, 0.29) is 24.6 Å². The molecule has 3 aromatic rings. The van der Waals surface area contributed by atoms with Gasteiger partial charge in [-0.2, -0.15) is 13.2 Å². The number of halogens is 3. The lowest BCUT2D eigenvalue weighted by Gasteiger charge is -2.30. The summed E-state index contributed by atoms with van der Waals surface area (Å²) in [5, 5.41) is 4.32. The second kappa shape index (κ2) is 13.9. The molecular weight excluding hydrogens is 579 g/mol. The number of nitrogen functional groups attached to an aromatic ring is 1. The Labute approximate surface area is 252 Å². The molecular formula is C31H36F3N5O3S. The Bertz CT molecular complexity index is 1470. The van der Waals surface area contributed by atoms with Crippen LogP contribution in [-0.4, -0.2) is 51.8 Å². The van der Waals surface area contributed by atoms with Gasteiger partial charge in [-0.1, -0.05) is 24.2 Å². The molecule has 2 aromatic carbocycles. The molecule has 8 nitrogen and oxygen atoms in total. The van der Waals surface area contributed by atoms with Gasteiger partial charge in [-0.05, 0) is 81.1 Å².